The Morgan fingerprint density at radius 2 is 1.65 bits per heavy atom. The number of aryl methyl sites for hydroxylation is 1. The number of hydrogen-bond acceptors (Lipinski definition) is 8. The molecule has 9 nitrogen and oxygen atoms in total. The summed E-state index contributed by atoms with van der Waals surface area (Å²) in [7, 11) is 0. The van der Waals surface area contributed by atoms with Crippen LogP contribution in [0.15, 0.2) is 48.5 Å². The van der Waals surface area contributed by atoms with Gasteiger partial charge < -0.3 is 21.1 Å². The molecule has 0 unspecified atom stereocenters. The molecule has 0 atom stereocenters. The summed E-state index contributed by atoms with van der Waals surface area (Å²) in [6, 6.07) is 15.1. The smallest absolute Gasteiger partial charge is 0.308 e. The molecule has 0 saturated heterocycles. The molecular weight excluding hydrogens is 432 g/mol. The number of benzene rings is 2. The second kappa shape index (κ2) is 10.7. The van der Waals surface area contributed by atoms with Crippen LogP contribution >= 0.6 is 0 Å². The lowest BCUT2D eigenvalue weighted by Crippen LogP contribution is -2.26. The largest absolute Gasteiger partial charge is 0.457 e. The fourth-order valence-corrected chi connectivity index (χ4v) is 3.04. The van der Waals surface area contributed by atoms with Crippen molar-refractivity contribution in [2.45, 2.75) is 46.1 Å². The SMILES string of the molecule is Cc1ccc(Nc2nc(N)nc(COC(=O)CCNC(=O)c3ccc(C(C)(C)C)cc3)n2)cc1. The molecule has 4 N–H and O–H groups in total. The molecular formula is C25H30N6O3. The summed E-state index contributed by atoms with van der Waals surface area (Å²) >= 11 is 0. The Balaban J connectivity index is 1.46. The van der Waals surface area contributed by atoms with E-state index in [1.807, 2.05) is 43.3 Å². The lowest BCUT2D eigenvalue weighted by Gasteiger charge is -2.19. The number of amides is 1. The van der Waals surface area contributed by atoms with Gasteiger partial charge in [-0.2, -0.15) is 15.0 Å². The minimum atomic E-state index is -0.490. The van der Waals surface area contributed by atoms with Crippen molar-refractivity contribution >= 4 is 29.5 Å². The maximum atomic E-state index is 12.3. The number of rotatable bonds is 8. The first-order valence-corrected chi connectivity index (χ1v) is 11.0. The molecule has 0 bridgehead atoms. The number of ether oxygens (including phenoxy) is 1. The lowest BCUT2D eigenvalue weighted by atomic mass is 9.87. The number of nitrogens with zero attached hydrogens (tertiary/aromatic N) is 3. The zero-order valence-electron chi connectivity index (χ0n) is 19.9. The number of nitrogen functional groups attached to an aromatic ring is 1. The molecule has 0 fully saturated rings. The molecule has 0 aliphatic heterocycles. The zero-order valence-corrected chi connectivity index (χ0v) is 19.9. The van der Waals surface area contributed by atoms with Gasteiger partial charge in [-0.15, -0.1) is 0 Å². The number of esters is 1. The summed E-state index contributed by atoms with van der Waals surface area (Å²) in [5, 5.41) is 5.77. The zero-order chi connectivity index (χ0) is 24.7. The van der Waals surface area contributed by atoms with Crippen LogP contribution in [0, 0.1) is 6.92 Å². The molecule has 34 heavy (non-hydrogen) atoms. The quantitative estimate of drug-likeness (QED) is 0.432. The molecule has 0 saturated carbocycles. The van der Waals surface area contributed by atoms with Gasteiger partial charge in [0.2, 0.25) is 11.9 Å². The molecule has 0 spiro atoms. The number of nitrogens with one attached hydrogen (secondary N) is 2. The van der Waals surface area contributed by atoms with Gasteiger partial charge in [-0.1, -0.05) is 50.6 Å². The number of hydrogen-bond donors (Lipinski definition) is 3. The molecule has 0 radical (unpaired) electrons. The van der Waals surface area contributed by atoms with Crippen LogP contribution in [0.4, 0.5) is 17.6 Å². The molecule has 1 aromatic heterocycles. The molecule has 178 valence electrons. The fourth-order valence-electron chi connectivity index (χ4n) is 3.04. The second-order valence-corrected chi connectivity index (χ2v) is 8.92. The topological polar surface area (TPSA) is 132 Å². The van der Waals surface area contributed by atoms with E-state index in [4.69, 9.17) is 10.5 Å². The first-order valence-electron chi connectivity index (χ1n) is 11.0. The number of carbonyl (C=O) groups is 2. The highest BCUT2D eigenvalue weighted by atomic mass is 16.5. The summed E-state index contributed by atoms with van der Waals surface area (Å²) in [6.45, 7) is 8.32. The van der Waals surface area contributed by atoms with E-state index >= 15 is 0 Å². The minimum Gasteiger partial charge on any atom is -0.457 e. The van der Waals surface area contributed by atoms with Crippen molar-refractivity contribution < 1.29 is 14.3 Å². The number of aromatic nitrogens is 3. The molecule has 1 amide bonds. The Morgan fingerprint density at radius 3 is 2.29 bits per heavy atom. The van der Waals surface area contributed by atoms with Crippen molar-refractivity contribution in [3.8, 4) is 0 Å². The van der Waals surface area contributed by atoms with Gasteiger partial charge in [0.1, 0.15) is 0 Å². The number of nitrogens with two attached hydrogens (primary N) is 1. The third-order valence-corrected chi connectivity index (χ3v) is 5.00. The van der Waals surface area contributed by atoms with Gasteiger partial charge in [-0.25, -0.2) is 0 Å². The van der Waals surface area contributed by atoms with Crippen molar-refractivity contribution in [3.63, 3.8) is 0 Å². The standard InChI is InChI=1S/C25H30N6O3/c1-16-5-11-19(12-6-16)28-24-30-20(29-23(26)31-24)15-34-21(32)13-14-27-22(33)17-7-9-18(10-8-17)25(2,3)4/h5-12H,13-15H2,1-4H3,(H,27,33)(H3,26,28,29,30,31). The molecule has 3 rings (SSSR count). The Morgan fingerprint density at radius 1 is 0.971 bits per heavy atom. The van der Waals surface area contributed by atoms with E-state index in [9.17, 15) is 9.59 Å². The van der Waals surface area contributed by atoms with Gasteiger partial charge in [0.25, 0.3) is 5.91 Å². The number of anilines is 3. The van der Waals surface area contributed by atoms with Crippen molar-refractivity contribution in [2.75, 3.05) is 17.6 Å². The summed E-state index contributed by atoms with van der Waals surface area (Å²) in [6.07, 6.45) is 0.0147. The lowest BCUT2D eigenvalue weighted by molar-refractivity contribution is -0.145. The second-order valence-electron chi connectivity index (χ2n) is 8.92. The van der Waals surface area contributed by atoms with Crippen LogP contribution in [0.5, 0.6) is 0 Å². The van der Waals surface area contributed by atoms with Gasteiger partial charge in [-0.3, -0.25) is 9.59 Å². The first kappa shape index (κ1) is 24.6. The van der Waals surface area contributed by atoms with E-state index in [0.29, 0.717) is 5.56 Å². The van der Waals surface area contributed by atoms with E-state index in [2.05, 4.69) is 46.4 Å². The van der Waals surface area contributed by atoms with E-state index in [1.165, 1.54) is 0 Å². The Hall–Kier alpha value is -4.01. The van der Waals surface area contributed by atoms with Crippen LogP contribution < -0.4 is 16.4 Å². The summed E-state index contributed by atoms with van der Waals surface area (Å²) < 4.78 is 5.22. The molecule has 3 aromatic rings. The van der Waals surface area contributed by atoms with Crippen LogP contribution in [-0.2, 0) is 21.6 Å². The van der Waals surface area contributed by atoms with Crippen LogP contribution in [-0.4, -0.2) is 33.4 Å². The van der Waals surface area contributed by atoms with E-state index in [0.717, 1.165) is 16.8 Å². The third-order valence-electron chi connectivity index (χ3n) is 5.00. The highest BCUT2D eigenvalue weighted by Gasteiger charge is 2.15. The Labute approximate surface area is 199 Å². The summed E-state index contributed by atoms with van der Waals surface area (Å²) in [4.78, 5) is 36.7. The average molecular weight is 463 g/mol. The molecule has 9 heteroatoms. The van der Waals surface area contributed by atoms with Gasteiger partial charge in [-0.05, 0) is 42.2 Å². The first-order chi connectivity index (χ1) is 16.1. The summed E-state index contributed by atoms with van der Waals surface area (Å²) in [5.41, 5.74) is 9.37. The highest BCUT2D eigenvalue weighted by molar-refractivity contribution is 5.94. The number of carbonyl (C=O) groups excluding carboxylic acids is 2. The maximum Gasteiger partial charge on any atom is 0.308 e. The fraction of sp³-hybridized carbons (Fsp3) is 0.320. The maximum absolute atomic E-state index is 12.3. The van der Waals surface area contributed by atoms with Crippen LogP contribution in [0.25, 0.3) is 0 Å². The average Bonchev–Trinajstić information content (AvgIpc) is 2.78. The molecule has 1 heterocycles. The molecule has 2 aromatic carbocycles. The predicted octanol–water partition coefficient (Wildman–Crippen LogP) is 3.67. The minimum absolute atomic E-state index is 0.0134. The van der Waals surface area contributed by atoms with Crippen molar-refractivity contribution in [1.82, 2.24) is 20.3 Å². The van der Waals surface area contributed by atoms with Crippen LogP contribution in [0.2, 0.25) is 0 Å². The monoisotopic (exact) mass is 462 g/mol. The highest BCUT2D eigenvalue weighted by Crippen LogP contribution is 2.22. The van der Waals surface area contributed by atoms with Crippen LogP contribution in [0.1, 0.15) is 54.5 Å². The van der Waals surface area contributed by atoms with Crippen molar-refractivity contribution in [1.29, 1.82) is 0 Å². The van der Waals surface area contributed by atoms with Gasteiger partial charge in [0.05, 0.1) is 6.42 Å². The Kier molecular flexibility index (Phi) is 7.78. The molecule has 0 aliphatic carbocycles. The van der Waals surface area contributed by atoms with E-state index in [-0.39, 0.29) is 48.6 Å². The van der Waals surface area contributed by atoms with Crippen molar-refractivity contribution in [2.24, 2.45) is 0 Å². The van der Waals surface area contributed by atoms with Gasteiger partial charge in [0, 0.05) is 17.8 Å². The van der Waals surface area contributed by atoms with Crippen LogP contribution in [0.3, 0.4) is 0 Å². The van der Waals surface area contributed by atoms with E-state index < -0.39 is 5.97 Å². The predicted molar refractivity (Wildman–Crippen MR) is 131 cm³/mol. The summed E-state index contributed by atoms with van der Waals surface area (Å²) in [5.74, 6) is -0.244. The Bertz CT molecular complexity index is 1140. The molecule has 0 aliphatic rings. The third kappa shape index (κ3) is 7.26. The van der Waals surface area contributed by atoms with Crippen molar-refractivity contribution in [3.05, 3.63) is 71.0 Å². The normalized spacial score (nSPS) is 11.1. The van der Waals surface area contributed by atoms with E-state index in [1.54, 1.807) is 12.1 Å². The van der Waals surface area contributed by atoms with Gasteiger partial charge >= 0.3 is 5.97 Å². The van der Waals surface area contributed by atoms with Gasteiger partial charge in [0.15, 0.2) is 12.4 Å².